The molecular weight excluding hydrogens is 208 g/mol. The molecule has 100 valence electrons. The monoisotopic (exact) mass is 238 g/mol. The van der Waals surface area contributed by atoms with Crippen molar-refractivity contribution in [1.29, 1.82) is 0 Å². The number of nitrogens with zero attached hydrogens (tertiary/aromatic N) is 1. The Kier molecular flexibility index (Phi) is 5.79. The molecule has 0 aromatic heterocycles. The van der Waals surface area contributed by atoms with Gasteiger partial charge in [-0.2, -0.15) is 0 Å². The minimum absolute atomic E-state index is 0.815. The van der Waals surface area contributed by atoms with Crippen LogP contribution in [0.5, 0.6) is 0 Å². The van der Waals surface area contributed by atoms with Crippen molar-refractivity contribution in [2.45, 2.75) is 64.3 Å². The van der Waals surface area contributed by atoms with Crippen LogP contribution in [0.25, 0.3) is 0 Å². The molecule has 1 heterocycles. The zero-order valence-corrected chi connectivity index (χ0v) is 11.6. The van der Waals surface area contributed by atoms with Gasteiger partial charge < -0.3 is 10.2 Å². The van der Waals surface area contributed by atoms with Crippen molar-refractivity contribution in [2.24, 2.45) is 5.92 Å². The van der Waals surface area contributed by atoms with Crippen molar-refractivity contribution >= 4 is 0 Å². The molecule has 1 saturated heterocycles. The molecule has 0 bridgehead atoms. The lowest BCUT2D eigenvalue weighted by atomic mass is 9.95. The summed E-state index contributed by atoms with van der Waals surface area (Å²) in [6, 6.07) is 0.826. The number of hydrogen-bond acceptors (Lipinski definition) is 2. The normalized spacial score (nSPS) is 25.9. The molecule has 0 aromatic rings. The molecule has 1 aliphatic heterocycles. The Morgan fingerprint density at radius 2 is 1.65 bits per heavy atom. The first-order chi connectivity index (χ1) is 8.34. The molecule has 1 unspecified atom stereocenters. The fraction of sp³-hybridized carbons (Fsp3) is 1.00. The minimum Gasteiger partial charge on any atom is -0.314 e. The minimum atomic E-state index is 0.815. The lowest BCUT2D eigenvalue weighted by Gasteiger charge is -2.30. The predicted molar refractivity (Wildman–Crippen MR) is 74.3 cm³/mol. The molecule has 1 saturated carbocycles. The molecular formula is C15H30N2. The van der Waals surface area contributed by atoms with Gasteiger partial charge in [-0.1, -0.05) is 32.6 Å². The van der Waals surface area contributed by atoms with E-state index < -0.39 is 0 Å². The predicted octanol–water partition coefficient (Wildman–Crippen LogP) is 3.03. The van der Waals surface area contributed by atoms with Crippen LogP contribution in [0.3, 0.4) is 0 Å². The third-order valence-corrected chi connectivity index (χ3v) is 4.38. The summed E-state index contributed by atoms with van der Waals surface area (Å²) in [6.45, 7) is 7.62. The van der Waals surface area contributed by atoms with E-state index in [1.54, 1.807) is 0 Å². The molecule has 2 nitrogen and oxygen atoms in total. The van der Waals surface area contributed by atoms with Gasteiger partial charge in [0.2, 0.25) is 0 Å². The third-order valence-electron chi connectivity index (χ3n) is 4.38. The number of likely N-dealkylation sites (tertiary alicyclic amines) is 1. The van der Waals surface area contributed by atoms with Gasteiger partial charge in [0.05, 0.1) is 0 Å². The quantitative estimate of drug-likeness (QED) is 0.792. The highest BCUT2D eigenvalue weighted by Gasteiger charge is 2.16. The van der Waals surface area contributed by atoms with Gasteiger partial charge in [0.25, 0.3) is 0 Å². The van der Waals surface area contributed by atoms with Crippen LogP contribution in [0.15, 0.2) is 0 Å². The van der Waals surface area contributed by atoms with Crippen molar-refractivity contribution in [3.05, 3.63) is 0 Å². The van der Waals surface area contributed by atoms with Crippen LogP contribution >= 0.6 is 0 Å². The van der Waals surface area contributed by atoms with Gasteiger partial charge >= 0.3 is 0 Å². The maximum absolute atomic E-state index is 3.78. The zero-order valence-electron chi connectivity index (χ0n) is 11.6. The summed E-state index contributed by atoms with van der Waals surface area (Å²) in [6.07, 6.45) is 11.5. The SMILES string of the molecule is CC(CNC1CCCCC1)CN1CCCCC1. The van der Waals surface area contributed by atoms with E-state index in [4.69, 9.17) is 0 Å². The third kappa shape index (κ3) is 4.97. The summed E-state index contributed by atoms with van der Waals surface area (Å²) in [5.41, 5.74) is 0. The molecule has 1 aliphatic carbocycles. The Balaban J connectivity index is 1.57. The van der Waals surface area contributed by atoms with Gasteiger partial charge in [0.15, 0.2) is 0 Å². The number of piperidine rings is 1. The molecule has 1 atom stereocenters. The first-order valence-corrected chi connectivity index (χ1v) is 7.80. The van der Waals surface area contributed by atoms with Gasteiger partial charge in [-0.3, -0.25) is 0 Å². The number of rotatable bonds is 5. The smallest absolute Gasteiger partial charge is 0.00671 e. The fourth-order valence-corrected chi connectivity index (χ4v) is 3.32. The zero-order chi connectivity index (χ0) is 11.9. The second kappa shape index (κ2) is 7.38. The first-order valence-electron chi connectivity index (χ1n) is 7.80. The van der Waals surface area contributed by atoms with E-state index in [-0.39, 0.29) is 0 Å². The van der Waals surface area contributed by atoms with Crippen molar-refractivity contribution in [3.8, 4) is 0 Å². The molecule has 2 rings (SSSR count). The van der Waals surface area contributed by atoms with Gasteiger partial charge in [-0.05, 0) is 51.2 Å². The molecule has 2 fully saturated rings. The van der Waals surface area contributed by atoms with E-state index in [0.29, 0.717) is 0 Å². The molecule has 2 aliphatic rings. The topological polar surface area (TPSA) is 15.3 Å². The summed E-state index contributed by atoms with van der Waals surface area (Å²) in [7, 11) is 0. The molecule has 0 radical (unpaired) electrons. The van der Waals surface area contributed by atoms with Crippen LogP contribution in [0.1, 0.15) is 58.3 Å². The molecule has 0 spiro atoms. The molecule has 17 heavy (non-hydrogen) atoms. The van der Waals surface area contributed by atoms with E-state index in [1.165, 1.54) is 77.5 Å². The maximum atomic E-state index is 3.78. The standard InChI is InChI=1S/C15H30N2/c1-14(13-17-10-6-3-7-11-17)12-16-15-8-4-2-5-9-15/h14-16H,2-13H2,1H3. The highest BCUT2D eigenvalue weighted by molar-refractivity contribution is 4.74. The van der Waals surface area contributed by atoms with Crippen molar-refractivity contribution in [2.75, 3.05) is 26.2 Å². The van der Waals surface area contributed by atoms with Crippen LogP contribution < -0.4 is 5.32 Å². The molecule has 2 heteroatoms. The maximum Gasteiger partial charge on any atom is 0.00671 e. The van der Waals surface area contributed by atoms with Crippen LogP contribution in [-0.4, -0.2) is 37.1 Å². The van der Waals surface area contributed by atoms with Crippen LogP contribution in [-0.2, 0) is 0 Å². The Morgan fingerprint density at radius 3 is 2.35 bits per heavy atom. The average molecular weight is 238 g/mol. The van der Waals surface area contributed by atoms with Crippen LogP contribution in [0, 0.1) is 5.92 Å². The summed E-state index contributed by atoms with van der Waals surface area (Å²) in [5.74, 6) is 0.815. The Bertz CT molecular complexity index is 193. The second-order valence-electron chi connectivity index (χ2n) is 6.21. The number of hydrogen-bond donors (Lipinski definition) is 1. The van der Waals surface area contributed by atoms with E-state index in [0.717, 1.165) is 12.0 Å². The highest BCUT2D eigenvalue weighted by atomic mass is 15.1. The van der Waals surface area contributed by atoms with Crippen molar-refractivity contribution in [3.63, 3.8) is 0 Å². The molecule has 0 aromatic carbocycles. The molecule has 0 amide bonds. The van der Waals surface area contributed by atoms with E-state index in [2.05, 4.69) is 17.1 Å². The Hall–Kier alpha value is -0.0800. The summed E-state index contributed by atoms with van der Waals surface area (Å²) in [4.78, 5) is 2.66. The summed E-state index contributed by atoms with van der Waals surface area (Å²) >= 11 is 0. The lowest BCUT2D eigenvalue weighted by molar-refractivity contribution is 0.195. The van der Waals surface area contributed by atoms with E-state index in [1.807, 2.05) is 0 Å². The lowest BCUT2D eigenvalue weighted by Crippen LogP contribution is -2.39. The van der Waals surface area contributed by atoms with E-state index in [9.17, 15) is 0 Å². The van der Waals surface area contributed by atoms with Gasteiger partial charge in [0, 0.05) is 12.6 Å². The van der Waals surface area contributed by atoms with Crippen LogP contribution in [0.4, 0.5) is 0 Å². The van der Waals surface area contributed by atoms with Gasteiger partial charge in [-0.25, -0.2) is 0 Å². The van der Waals surface area contributed by atoms with Crippen LogP contribution in [0.2, 0.25) is 0 Å². The second-order valence-corrected chi connectivity index (χ2v) is 6.21. The fourth-order valence-electron chi connectivity index (χ4n) is 3.32. The van der Waals surface area contributed by atoms with E-state index >= 15 is 0 Å². The summed E-state index contributed by atoms with van der Waals surface area (Å²) < 4.78 is 0. The van der Waals surface area contributed by atoms with Crippen molar-refractivity contribution in [1.82, 2.24) is 10.2 Å². The highest BCUT2D eigenvalue weighted by Crippen LogP contribution is 2.17. The van der Waals surface area contributed by atoms with Gasteiger partial charge in [-0.15, -0.1) is 0 Å². The first kappa shape index (κ1) is 13.4. The number of nitrogens with one attached hydrogen (secondary N) is 1. The van der Waals surface area contributed by atoms with Gasteiger partial charge in [0.1, 0.15) is 0 Å². The summed E-state index contributed by atoms with van der Waals surface area (Å²) in [5, 5.41) is 3.78. The average Bonchev–Trinajstić information content (AvgIpc) is 2.39. The van der Waals surface area contributed by atoms with Crippen molar-refractivity contribution < 1.29 is 0 Å². The Labute approximate surface area is 107 Å². The molecule has 1 N–H and O–H groups in total. The Morgan fingerprint density at radius 1 is 1.00 bits per heavy atom. The largest absolute Gasteiger partial charge is 0.314 e.